The number of carbonyl (C=O) groups is 1. The number of carbonyl (C=O) groups excluding carboxylic acids is 1. The van der Waals surface area contributed by atoms with Crippen LogP contribution in [-0.2, 0) is 6.18 Å². The van der Waals surface area contributed by atoms with Crippen molar-refractivity contribution in [2.24, 2.45) is 11.8 Å². The molecule has 1 amide bonds. The molecule has 26 heavy (non-hydrogen) atoms. The number of hydrogen-bond acceptors (Lipinski definition) is 4. The second-order valence-corrected chi connectivity index (χ2v) is 6.45. The molecule has 140 valence electrons. The minimum atomic E-state index is -4.51. The lowest BCUT2D eigenvalue weighted by Crippen LogP contribution is -2.32. The summed E-state index contributed by atoms with van der Waals surface area (Å²) in [5, 5.41) is 10.8. The van der Waals surface area contributed by atoms with Gasteiger partial charge in [0.2, 0.25) is 0 Å². The lowest BCUT2D eigenvalue weighted by atomic mass is 10.0. The molecule has 0 unspecified atom stereocenters. The monoisotopic (exact) mass is 387 g/mol. The van der Waals surface area contributed by atoms with E-state index in [0.29, 0.717) is 24.9 Å². The van der Waals surface area contributed by atoms with Crippen LogP contribution in [0.5, 0.6) is 0 Å². The fourth-order valence-corrected chi connectivity index (χ4v) is 3.58. The third-order valence-corrected chi connectivity index (χ3v) is 4.85. The Morgan fingerprint density at radius 3 is 2.46 bits per heavy atom. The summed E-state index contributed by atoms with van der Waals surface area (Å²) < 4.78 is 40.4. The number of nitrogens with zero attached hydrogens (tertiary/aromatic N) is 4. The van der Waals surface area contributed by atoms with Gasteiger partial charge < -0.3 is 10.2 Å². The Labute approximate surface area is 153 Å². The number of benzene rings is 1. The summed E-state index contributed by atoms with van der Waals surface area (Å²) >= 11 is 0. The van der Waals surface area contributed by atoms with Gasteiger partial charge in [-0.2, -0.15) is 13.2 Å². The molecule has 1 N–H and O–H groups in total. The van der Waals surface area contributed by atoms with Crippen molar-refractivity contribution >= 4 is 18.3 Å². The quantitative estimate of drug-likeness (QED) is 0.856. The second-order valence-electron chi connectivity index (χ2n) is 6.45. The van der Waals surface area contributed by atoms with E-state index in [1.165, 1.54) is 24.4 Å². The highest BCUT2D eigenvalue weighted by Crippen LogP contribution is 2.33. The van der Waals surface area contributed by atoms with Gasteiger partial charge in [-0.3, -0.25) is 4.79 Å². The number of halogens is 4. The van der Waals surface area contributed by atoms with Crippen LogP contribution < -0.4 is 5.32 Å². The maximum Gasteiger partial charge on any atom is 0.418 e. The first kappa shape index (κ1) is 18.7. The molecule has 0 spiro atoms. The van der Waals surface area contributed by atoms with Gasteiger partial charge in [0.15, 0.2) is 5.69 Å². The standard InChI is InChI=1S/C16H16F3N5O.ClH/c17-16(18,19)12-3-1-2-4-14(12)24-9-13(21-22-24)15(25)23-7-10-5-20-6-11(10)8-23;/h1-4,9-11,20H,5-8H2;1H/t10-,11+;. The number of likely N-dealkylation sites (tertiary alicyclic amines) is 1. The molecule has 6 nitrogen and oxygen atoms in total. The molecule has 4 rings (SSSR count). The first-order valence-corrected chi connectivity index (χ1v) is 8.02. The van der Waals surface area contributed by atoms with E-state index in [2.05, 4.69) is 15.6 Å². The molecular weight excluding hydrogens is 371 g/mol. The normalized spacial score (nSPS) is 22.2. The molecule has 2 saturated heterocycles. The van der Waals surface area contributed by atoms with Crippen LogP contribution >= 0.6 is 12.4 Å². The van der Waals surface area contributed by atoms with Crippen molar-refractivity contribution in [1.29, 1.82) is 0 Å². The first-order valence-electron chi connectivity index (χ1n) is 8.02. The zero-order valence-corrected chi connectivity index (χ0v) is 14.4. The number of nitrogens with one attached hydrogen (secondary N) is 1. The van der Waals surface area contributed by atoms with Crippen molar-refractivity contribution in [2.45, 2.75) is 6.18 Å². The Morgan fingerprint density at radius 1 is 1.15 bits per heavy atom. The molecule has 0 bridgehead atoms. The van der Waals surface area contributed by atoms with E-state index in [1.807, 2.05) is 0 Å². The Kier molecular flexibility index (Phi) is 4.94. The van der Waals surface area contributed by atoms with Crippen molar-refractivity contribution in [3.8, 4) is 5.69 Å². The first-order chi connectivity index (χ1) is 11.9. The number of alkyl halides is 3. The molecule has 2 atom stereocenters. The molecule has 0 aliphatic carbocycles. The van der Waals surface area contributed by atoms with Gasteiger partial charge in [-0.15, -0.1) is 17.5 Å². The number of para-hydroxylation sites is 1. The summed E-state index contributed by atoms with van der Waals surface area (Å²) in [6.45, 7) is 3.06. The number of aromatic nitrogens is 3. The fourth-order valence-electron chi connectivity index (χ4n) is 3.58. The Hall–Kier alpha value is -2.13. The molecule has 0 radical (unpaired) electrons. The van der Waals surface area contributed by atoms with E-state index in [4.69, 9.17) is 0 Å². The third kappa shape index (κ3) is 3.28. The lowest BCUT2D eigenvalue weighted by molar-refractivity contribution is -0.137. The van der Waals surface area contributed by atoms with Crippen LogP contribution in [0, 0.1) is 11.8 Å². The molecule has 10 heteroatoms. The average Bonchev–Trinajstić information content (AvgIpc) is 3.29. The lowest BCUT2D eigenvalue weighted by Gasteiger charge is -2.15. The molecule has 1 aromatic carbocycles. The van der Waals surface area contributed by atoms with Crippen molar-refractivity contribution in [3.63, 3.8) is 0 Å². The maximum atomic E-state index is 13.1. The van der Waals surface area contributed by atoms with E-state index in [1.54, 1.807) is 4.90 Å². The van der Waals surface area contributed by atoms with E-state index < -0.39 is 11.7 Å². The largest absolute Gasteiger partial charge is 0.418 e. The highest BCUT2D eigenvalue weighted by atomic mass is 35.5. The molecule has 2 fully saturated rings. The summed E-state index contributed by atoms with van der Waals surface area (Å²) in [5.41, 5.74) is -0.908. The molecule has 2 aromatic rings. The summed E-state index contributed by atoms with van der Waals surface area (Å²) in [7, 11) is 0. The molecule has 2 aliphatic heterocycles. The van der Waals surface area contributed by atoms with Crippen molar-refractivity contribution in [1.82, 2.24) is 25.2 Å². The maximum absolute atomic E-state index is 13.1. The number of fused-ring (bicyclic) bond motifs is 1. The van der Waals surface area contributed by atoms with Gasteiger partial charge in [0.25, 0.3) is 5.91 Å². The highest BCUT2D eigenvalue weighted by Gasteiger charge is 2.39. The molecular formula is C16H17ClF3N5O. The van der Waals surface area contributed by atoms with Crippen LogP contribution in [0.25, 0.3) is 5.69 Å². The number of amides is 1. The van der Waals surface area contributed by atoms with Crippen molar-refractivity contribution < 1.29 is 18.0 Å². The molecule has 0 saturated carbocycles. The minimum Gasteiger partial charge on any atom is -0.337 e. The van der Waals surface area contributed by atoms with Crippen LogP contribution in [0.4, 0.5) is 13.2 Å². The second kappa shape index (κ2) is 6.88. The van der Waals surface area contributed by atoms with E-state index >= 15 is 0 Å². The zero-order valence-electron chi connectivity index (χ0n) is 13.6. The Morgan fingerprint density at radius 2 is 1.81 bits per heavy atom. The number of rotatable bonds is 2. The van der Waals surface area contributed by atoms with Gasteiger partial charge in [-0.25, -0.2) is 4.68 Å². The summed E-state index contributed by atoms with van der Waals surface area (Å²) in [4.78, 5) is 14.3. The van der Waals surface area contributed by atoms with E-state index in [-0.39, 0.29) is 29.7 Å². The molecule has 2 aliphatic rings. The molecule has 1 aromatic heterocycles. The fraction of sp³-hybridized carbons (Fsp3) is 0.438. The summed E-state index contributed by atoms with van der Waals surface area (Å²) in [6, 6.07) is 5.08. The SMILES string of the molecule is Cl.O=C(c1cn(-c2ccccc2C(F)(F)F)nn1)N1C[C@H]2CNC[C@H]2C1. The van der Waals surface area contributed by atoms with Crippen molar-refractivity contribution in [3.05, 3.63) is 41.7 Å². The zero-order chi connectivity index (χ0) is 17.6. The predicted molar refractivity (Wildman–Crippen MR) is 89.4 cm³/mol. The summed E-state index contributed by atoms with van der Waals surface area (Å²) in [6.07, 6.45) is -3.24. The van der Waals surface area contributed by atoms with Gasteiger partial charge in [0.05, 0.1) is 17.4 Å². The van der Waals surface area contributed by atoms with Gasteiger partial charge in [0.1, 0.15) is 0 Å². The smallest absolute Gasteiger partial charge is 0.337 e. The van der Waals surface area contributed by atoms with Crippen LogP contribution in [0.3, 0.4) is 0 Å². The summed E-state index contributed by atoms with van der Waals surface area (Å²) in [5.74, 6) is 0.583. The van der Waals surface area contributed by atoms with E-state index in [9.17, 15) is 18.0 Å². The highest BCUT2D eigenvalue weighted by molar-refractivity contribution is 5.92. The van der Waals surface area contributed by atoms with Crippen LogP contribution in [0.1, 0.15) is 16.1 Å². The van der Waals surface area contributed by atoms with Gasteiger partial charge in [-0.1, -0.05) is 17.3 Å². The third-order valence-electron chi connectivity index (χ3n) is 4.85. The molecule has 3 heterocycles. The van der Waals surface area contributed by atoms with Gasteiger partial charge in [0, 0.05) is 26.2 Å². The average molecular weight is 388 g/mol. The van der Waals surface area contributed by atoms with Gasteiger partial charge in [-0.05, 0) is 24.0 Å². The van der Waals surface area contributed by atoms with Gasteiger partial charge >= 0.3 is 6.18 Å². The minimum absolute atomic E-state index is 0. The van der Waals surface area contributed by atoms with Crippen LogP contribution in [0.2, 0.25) is 0 Å². The van der Waals surface area contributed by atoms with Crippen LogP contribution in [-0.4, -0.2) is 52.0 Å². The topological polar surface area (TPSA) is 63.1 Å². The van der Waals surface area contributed by atoms with Crippen LogP contribution in [0.15, 0.2) is 30.5 Å². The Bertz CT molecular complexity index is 797. The van der Waals surface area contributed by atoms with E-state index in [0.717, 1.165) is 23.8 Å². The van der Waals surface area contributed by atoms with Crippen molar-refractivity contribution in [2.75, 3.05) is 26.2 Å². The predicted octanol–water partition coefficient (Wildman–Crippen LogP) is 2.00. The Balaban J connectivity index is 0.00000196. The number of hydrogen-bond donors (Lipinski definition) is 1.